The molecule has 2 aromatic heterocycles. The van der Waals surface area contributed by atoms with Gasteiger partial charge < -0.3 is 9.15 Å². The Kier molecular flexibility index (Phi) is 4.57. The summed E-state index contributed by atoms with van der Waals surface area (Å²) in [4.78, 5) is 23.5. The number of nitro groups is 1. The van der Waals surface area contributed by atoms with Crippen LogP contribution in [0.25, 0.3) is 10.8 Å². The lowest BCUT2D eigenvalue weighted by atomic mass is 10.1. The Morgan fingerprint density at radius 2 is 2.16 bits per heavy atom. The van der Waals surface area contributed by atoms with Gasteiger partial charge in [0.05, 0.1) is 15.4 Å². The van der Waals surface area contributed by atoms with Gasteiger partial charge in [-0.1, -0.05) is 12.1 Å². The quantitative estimate of drug-likeness (QED) is 0.386. The molecule has 0 saturated carbocycles. The molecule has 0 amide bonds. The summed E-state index contributed by atoms with van der Waals surface area (Å²) in [6, 6.07) is 7.86. The summed E-state index contributed by atoms with van der Waals surface area (Å²) in [6.07, 6.45) is -0.783. The Bertz CT molecular complexity index is 920. The van der Waals surface area contributed by atoms with Gasteiger partial charge in [-0.25, -0.2) is 4.79 Å². The highest BCUT2D eigenvalue weighted by Gasteiger charge is 2.22. The van der Waals surface area contributed by atoms with Crippen LogP contribution in [0.2, 0.25) is 0 Å². The Labute approximate surface area is 146 Å². The number of ether oxygens (including phenoxy) is 1. The maximum absolute atomic E-state index is 12.2. The van der Waals surface area contributed by atoms with E-state index in [9.17, 15) is 14.9 Å². The van der Waals surface area contributed by atoms with Crippen molar-refractivity contribution < 1.29 is 18.9 Å². The molecule has 9 heteroatoms. The fourth-order valence-corrected chi connectivity index (χ4v) is 2.75. The molecule has 25 heavy (non-hydrogen) atoms. The van der Waals surface area contributed by atoms with Crippen molar-refractivity contribution in [1.29, 1.82) is 0 Å². The zero-order valence-electron chi connectivity index (χ0n) is 13.3. The highest BCUT2D eigenvalue weighted by Crippen LogP contribution is 2.27. The average molecular weight is 359 g/mol. The highest BCUT2D eigenvalue weighted by atomic mass is 32.1. The number of aromatic nitrogens is 2. The van der Waals surface area contributed by atoms with Crippen LogP contribution in [0.5, 0.6) is 0 Å². The number of nitrogens with zero attached hydrogens (tertiary/aromatic N) is 3. The number of aryl methyl sites for hydroxylation is 1. The summed E-state index contributed by atoms with van der Waals surface area (Å²) in [5.74, 6) is -0.205. The summed E-state index contributed by atoms with van der Waals surface area (Å²) in [5, 5.41) is 20.7. The summed E-state index contributed by atoms with van der Waals surface area (Å²) in [5.41, 5.74) is 0.411. The van der Waals surface area contributed by atoms with E-state index in [0.29, 0.717) is 11.5 Å². The minimum atomic E-state index is -0.783. The Morgan fingerprint density at radius 1 is 1.36 bits per heavy atom. The molecule has 0 fully saturated rings. The molecule has 1 atom stereocenters. The average Bonchev–Trinajstić information content (AvgIpc) is 3.26. The smallest absolute Gasteiger partial charge is 0.339 e. The second-order valence-electron chi connectivity index (χ2n) is 5.23. The molecule has 8 nitrogen and oxygen atoms in total. The minimum absolute atomic E-state index is 0.0853. The van der Waals surface area contributed by atoms with E-state index in [0.717, 1.165) is 4.88 Å². The first-order valence-electron chi connectivity index (χ1n) is 7.29. The van der Waals surface area contributed by atoms with Gasteiger partial charge >= 0.3 is 5.97 Å². The first kappa shape index (κ1) is 16.8. The van der Waals surface area contributed by atoms with Crippen LogP contribution >= 0.6 is 11.3 Å². The van der Waals surface area contributed by atoms with Gasteiger partial charge in [0.1, 0.15) is 0 Å². The van der Waals surface area contributed by atoms with Crippen molar-refractivity contribution >= 4 is 23.0 Å². The fourth-order valence-electron chi connectivity index (χ4n) is 2.11. The number of hydrogen-bond donors (Lipinski definition) is 0. The van der Waals surface area contributed by atoms with Crippen LogP contribution in [0.4, 0.5) is 5.69 Å². The predicted octanol–water partition coefficient (Wildman–Crippen LogP) is 3.93. The summed E-state index contributed by atoms with van der Waals surface area (Å²) >= 11 is 1.45. The Hall–Kier alpha value is -3.07. The normalized spacial score (nSPS) is 11.9. The van der Waals surface area contributed by atoms with Crippen LogP contribution in [0.1, 0.15) is 34.8 Å². The fraction of sp³-hybridized carbons (Fsp3) is 0.188. The van der Waals surface area contributed by atoms with Crippen LogP contribution in [0.15, 0.2) is 40.1 Å². The number of rotatable bonds is 5. The second-order valence-corrected chi connectivity index (χ2v) is 6.18. The lowest BCUT2D eigenvalue weighted by Gasteiger charge is -2.09. The lowest BCUT2D eigenvalue weighted by molar-refractivity contribution is -0.385. The van der Waals surface area contributed by atoms with E-state index in [1.54, 1.807) is 13.8 Å². The monoisotopic (exact) mass is 359 g/mol. The van der Waals surface area contributed by atoms with Crippen LogP contribution in [0.3, 0.4) is 0 Å². The first-order valence-corrected chi connectivity index (χ1v) is 8.17. The van der Waals surface area contributed by atoms with Gasteiger partial charge in [0.15, 0.2) is 6.10 Å². The maximum Gasteiger partial charge on any atom is 0.339 e. The molecule has 0 radical (unpaired) electrons. The van der Waals surface area contributed by atoms with E-state index in [1.807, 2.05) is 17.5 Å². The molecule has 0 saturated heterocycles. The van der Waals surface area contributed by atoms with E-state index in [-0.39, 0.29) is 17.1 Å². The SMILES string of the molecule is Cc1ccc(C(=O)O[C@H](C)c2nnc(-c3cccs3)o2)cc1[N+](=O)[O-]. The minimum Gasteiger partial charge on any atom is -0.449 e. The van der Waals surface area contributed by atoms with Gasteiger partial charge in [-0.15, -0.1) is 21.5 Å². The summed E-state index contributed by atoms with van der Waals surface area (Å²) in [6.45, 7) is 3.19. The van der Waals surface area contributed by atoms with Crippen LogP contribution in [0, 0.1) is 17.0 Å². The van der Waals surface area contributed by atoms with E-state index < -0.39 is 17.0 Å². The van der Waals surface area contributed by atoms with Gasteiger partial charge in [-0.2, -0.15) is 0 Å². The second kappa shape index (κ2) is 6.81. The molecule has 0 aliphatic heterocycles. The molecule has 0 aliphatic rings. The van der Waals surface area contributed by atoms with E-state index in [1.165, 1.54) is 29.5 Å². The molecule has 3 rings (SSSR count). The number of nitro benzene ring substituents is 1. The van der Waals surface area contributed by atoms with Gasteiger partial charge in [0, 0.05) is 11.6 Å². The number of carbonyl (C=O) groups is 1. The predicted molar refractivity (Wildman–Crippen MR) is 89.3 cm³/mol. The third-order valence-electron chi connectivity index (χ3n) is 3.45. The standard InChI is InChI=1S/C16H13N3O5S/c1-9-5-6-11(8-12(9)19(21)22)16(20)23-10(2)14-17-18-15(24-14)13-4-3-7-25-13/h3-8,10H,1-2H3/t10-/m1/s1. The molecule has 0 spiro atoms. The lowest BCUT2D eigenvalue weighted by Crippen LogP contribution is -2.10. The van der Waals surface area contributed by atoms with Crippen molar-refractivity contribution in [2.24, 2.45) is 0 Å². The molecule has 128 valence electrons. The topological polar surface area (TPSA) is 108 Å². The van der Waals surface area contributed by atoms with Crippen molar-refractivity contribution in [3.05, 3.63) is 62.8 Å². The van der Waals surface area contributed by atoms with E-state index >= 15 is 0 Å². The number of carbonyl (C=O) groups excluding carboxylic acids is 1. The van der Waals surface area contributed by atoms with Gasteiger partial charge in [-0.3, -0.25) is 10.1 Å². The number of hydrogen-bond acceptors (Lipinski definition) is 8. The largest absolute Gasteiger partial charge is 0.449 e. The molecule has 1 aromatic carbocycles. The Morgan fingerprint density at radius 3 is 2.84 bits per heavy atom. The molecule has 2 heterocycles. The zero-order valence-corrected chi connectivity index (χ0v) is 14.1. The van der Waals surface area contributed by atoms with Crippen molar-refractivity contribution in [3.8, 4) is 10.8 Å². The molecule has 0 aliphatic carbocycles. The maximum atomic E-state index is 12.2. The number of thiophene rings is 1. The zero-order chi connectivity index (χ0) is 18.0. The highest BCUT2D eigenvalue weighted by molar-refractivity contribution is 7.13. The third kappa shape index (κ3) is 3.56. The van der Waals surface area contributed by atoms with E-state index in [4.69, 9.17) is 9.15 Å². The summed E-state index contributed by atoms with van der Waals surface area (Å²) in [7, 11) is 0. The summed E-state index contributed by atoms with van der Waals surface area (Å²) < 4.78 is 10.8. The van der Waals surface area contributed by atoms with Gasteiger partial charge in [-0.05, 0) is 31.4 Å². The van der Waals surface area contributed by atoms with Crippen LogP contribution < -0.4 is 0 Å². The van der Waals surface area contributed by atoms with E-state index in [2.05, 4.69) is 10.2 Å². The molecule has 0 unspecified atom stereocenters. The van der Waals surface area contributed by atoms with Gasteiger partial charge in [0.2, 0.25) is 0 Å². The third-order valence-corrected chi connectivity index (χ3v) is 4.30. The molecular weight excluding hydrogens is 346 g/mol. The van der Waals surface area contributed by atoms with Crippen molar-refractivity contribution in [3.63, 3.8) is 0 Å². The number of esters is 1. The molecule has 0 bridgehead atoms. The first-order chi connectivity index (χ1) is 12.0. The molecule has 0 N–H and O–H groups in total. The van der Waals surface area contributed by atoms with Crippen molar-refractivity contribution in [2.45, 2.75) is 20.0 Å². The van der Waals surface area contributed by atoms with Crippen LogP contribution in [-0.2, 0) is 4.74 Å². The molecule has 3 aromatic rings. The van der Waals surface area contributed by atoms with Crippen molar-refractivity contribution in [1.82, 2.24) is 10.2 Å². The van der Waals surface area contributed by atoms with Gasteiger partial charge in [0.25, 0.3) is 17.5 Å². The van der Waals surface area contributed by atoms with Crippen molar-refractivity contribution in [2.75, 3.05) is 0 Å². The van der Waals surface area contributed by atoms with Crippen LogP contribution in [-0.4, -0.2) is 21.1 Å². The Balaban J connectivity index is 1.75. The molecular formula is C16H13N3O5S. The number of benzene rings is 1.